The van der Waals surface area contributed by atoms with Crippen LogP contribution in [0.2, 0.25) is 0 Å². The zero-order chi connectivity index (χ0) is 13.3. The Kier molecular flexibility index (Phi) is 3.19. The topological polar surface area (TPSA) is 49.3 Å². The van der Waals surface area contributed by atoms with Crippen molar-refractivity contribution in [1.82, 2.24) is 0 Å². The number of carbonyl (C=O) groups is 1. The van der Waals surface area contributed by atoms with Crippen LogP contribution in [0, 0.1) is 0 Å². The first kappa shape index (κ1) is 12.7. The summed E-state index contributed by atoms with van der Waals surface area (Å²) in [6, 6.07) is 4.40. The fourth-order valence-electron chi connectivity index (χ4n) is 2.19. The molecule has 2 N–H and O–H groups in total. The Bertz CT molecular complexity index is 471. The average Bonchev–Trinajstić information content (AvgIpc) is 2.26. The van der Waals surface area contributed by atoms with Crippen molar-refractivity contribution in [2.24, 2.45) is 0 Å². The Labute approximate surface area is 102 Å². The SMILES string of the molecule is O=C(O)Cc1ccc2c(c1)C(C(F)(F)F)CCN2. The van der Waals surface area contributed by atoms with Crippen LogP contribution in [0.15, 0.2) is 18.2 Å². The van der Waals surface area contributed by atoms with E-state index < -0.39 is 18.1 Å². The van der Waals surface area contributed by atoms with Gasteiger partial charge in [0, 0.05) is 12.2 Å². The number of hydrogen-bond acceptors (Lipinski definition) is 2. The first-order valence-corrected chi connectivity index (χ1v) is 5.53. The minimum absolute atomic E-state index is 0.0208. The molecule has 6 heteroatoms. The lowest BCUT2D eigenvalue weighted by atomic mass is 9.89. The number of benzene rings is 1. The number of rotatable bonds is 2. The number of nitrogens with one attached hydrogen (secondary N) is 1. The molecular weight excluding hydrogens is 247 g/mol. The predicted octanol–water partition coefficient (Wildman–Crippen LogP) is 2.78. The fraction of sp³-hybridized carbons (Fsp3) is 0.417. The zero-order valence-corrected chi connectivity index (χ0v) is 9.42. The van der Waals surface area contributed by atoms with Crippen LogP contribution in [-0.4, -0.2) is 23.8 Å². The van der Waals surface area contributed by atoms with Crippen LogP contribution in [0.3, 0.4) is 0 Å². The number of hydrogen-bond donors (Lipinski definition) is 2. The van der Waals surface area contributed by atoms with Crippen molar-refractivity contribution in [2.45, 2.75) is 24.9 Å². The van der Waals surface area contributed by atoms with Gasteiger partial charge in [0.05, 0.1) is 12.3 Å². The summed E-state index contributed by atoms with van der Waals surface area (Å²) >= 11 is 0. The summed E-state index contributed by atoms with van der Waals surface area (Å²) in [5.41, 5.74) is 0.976. The second-order valence-corrected chi connectivity index (χ2v) is 4.30. The van der Waals surface area contributed by atoms with Crippen LogP contribution in [0.1, 0.15) is 23.5 Å². The smallest absolute Gasteiger partial charge is 0.395 e. The summed E-state index contributed by atoms with van der Waals surface area (Å²) in [5.74, 6) is -2.57. The van der Waals surface area contributed by atoms with E-state index in [1.807, 2.05) is 0 Å². The molecule has 1 aliphatic heterocycles. The number of halogens is 3. The second kappa shape index (κ2) is 4.51. The van der Waals surface area contributed by atoms with Gasteiger partial charge in [-0.05, 0) is 23.6 Å². The van der Waals surface area contributed by atoms with E-state index in [1.54, 1.807) is 6.07 Å². The highest BCUT2D eigenvalue weighted by Gasteiger charge is 2.42. The molecule has 0 radical (unpaired) electrons. The molecule has 0 spiro atoms. The van der Waals surface area contributed by atoms with E-state index >= 15 is 0 Å². The second-order valence-electron chi connectivity index (χ2n) is 4.30. The summed E-state index contributed by atoms with van der Waals surface area (Å²) in [6.07, 6.45) is -4.58. The third kappa shape index (κ3) is 2.57. The lowest BCUT2D eigenvalue weighted by Crippen LogP contribution is -2.28. The van der Waals surface area contributed by atoms with Crippen LogP contribution in [-0.2, 0) is 11.2 Å². The van der Waals surface area contributed by atoms with Crippen molar-refractivity contribution in [2.75, 3.05) is 11.9 Å². The lowest BCUT2D eigenvalue weighted by molar-refractivity contribution is -0.151. The van der Waals surface area contributed by atoms with Gasteiger partial charge in [-0.15, -0.1) is 0 Å². The fourth-order valence-corrected chi connectivity index (χ4v) is 2.19. The Morgan fingerprint density at radius 3 is 2.78 bits per heavy atom. The lowest BCUT2D eigenvalue weighted by Gasteiger charge is -2.28. The monoisotopic (exact) mass is 259 g/mol. The maximum absolute atomic E-state index is 12.9. The van der Waals surface area contributed by atoms with Gasteiger partial charge in [0.25, 0.3) is 0 Å². The molecule has 0 bridgehead atoms. The highest BCUT2D eigenvalue weighted by atomic mass is 19.4. The summed E-state index contributed by atoms with van der Waals surface area (Å²) < 4.78 is 38.6. The molecule has 0 fully saturated rings. The predicted molar refractivity (Wildman–Crippen MR) is 59.7 cm³/mol. The molecule has 0 aliphatic carbocycles. The molecule has 1 heterocycles. The number of aliphatic carboxylic acids is 1. The van der Waals surface area contributed by atoms with Gasteiger partial charge < -0.3 is 10.4 Å². The minimum atomic E-state index is -4.29. The van der Waals surface area contributed by atoms with E-state index in [9.17, 15) is 18.0 Å². The molecular formula is C12H12F3NO2. The van der Waals surface area contributed by atoms with Crippen LogP contribution in [0.5, 0.6) is 0 Å². The highest BCUT2D eigenvalue weighted by molar-refractivity contribution is 5.71. The molecule has 98 valence electrons. The van der Waals surface area contributed by atoms with E-state index in [0.717, 1.165) is 0 Å². The molecule has 18 heavy (non-hydrogen) atoms. The number of carboxylic acids is 1. The van der Waals surface area contributed by atoms with Crippen molar-refractivity contribution >= 4 is 11.7 Å². The molecule has 1 aromatic carbocycles. The molecule has 1 unspecified atom stereocenters. The standard InChI is InChI=1S/C12H12F3NO2/c13-12(14,15)9-3-4-16-10-2-1-7(5-8(9)10)6-11(17)18/h1-2,5,9,16H,3-4,6H2,(H,17,18). The maximum atomic E-state index is 12.9. The molecule has 1 atom stereocenters. The van der Waals surface area contributed by atoms with Gasteiger partial charge in [-0.2, -0.15) is 13.2 Å². The van der Waals surface area contributed by atoms with Crippen LogP contribution < -0.4 is 5.32 Å². The molecule has 1 aromatic rings. The number of anilines is 1. The maximum Gasteiger partial charge on any atom is 0.395 e. The van der Waals surface area contributed by atoms with Crippen LogP contribution >= 0.6 is 0 Å². The Morgan fingerprint density at radius 2 is 2.17 bits per heavy atom. The van der Waals surface area contributed by atoms with Crippen LogP contribution in [0.25, 0.3) is 0 Å². The first-order valence-electron chi connectivity index (χ1n) is 5.53. The number of carboxylic acid groups (broad SMARTS) is 1. The number of alkyl halides is 3. The van der Waals surface area contributed by atoms with Gasteiger partial charge in [0.15, 0.2) is 0 Å². The third-order valence-corrected chi connectivity index (χ3v) is 2.99. The van der Waals surface area contributed by atoms with Crippen molar-refractivity contribution in [3.63, 3.8) is 0 Å². The van der Waals surface area contributed by atoms with Gasteiger partial charge in [-0.25, -0.2) is 0 Å². The Hall–Kier alpha value is -1.72. The Morgan fingerprint density at radius 1 is 1.44 bits per heavy atom. The van der Waals surface area contributed by atoms with Gasteiger partial charge in [0.1, 0.15) is 0 Å². The quantitative estimate of drug-likeness (QED) is 0.858. The van der Waals surface area contributed by atoms with E-state index in [-0.39, 0.29) is 24.9 Å². The molecule has 1 aliphatic rings. The molecule has 0 aromatic heterocycles. The molecule has 0 saturated carbocycles. The molecule has 3 nitrogen and oxygen atoms in total. The van der Waals surface area contributed by atoms with E-state index in [0.29, 0.717) is 11.3 Å². The Balaban J connectivity index is 2.38. The van der Waals surface area contributed by atoms with Gasteiger partial charge >= 0.3 is 12.1 Å². The highest BCUT2D eigenvalue weighted by Crippen LogP contribution is 2.43. The largest absolute Gasteiger partial charge is 0.481 e. The van der Waals surface area contributed by atoms with Gasteiger partial charge in [-0.3, -0.25) is 4.79 Å². The van der Waals surface area contributed by atoms with Crippen molar-refractivity contribution < 1.29 is 23.1 Å². The van der Waals surface area contributed by atoms with Crippen molar-refractivity contribution in [1.29, 1.82) is 0 Å². The van der Waals surface area contributed by atoms with Crippen LogP contribution in [0.4, 0.5) is 18.9 Å². The molecule has 2 rings (SSSR count). The van der Waals surface area contributed by atoms with Crippen molar-refractivity contribution in [3.05, 3.63) is 29.3 Å². The average molecular weight is 259 g/mol. The van der Waals surface area contributed by atoms with E-state index in [1.165, 1.54) is 12.1 Å². The third-order valence-electron chi connectivity index (χ3n) is 2.99. The van der Waals surface area contributed by atoms with Crippen molar-refractivity contribution in [3.8, 4) is 0 Å². The summed E-state index contributed by atoms with van der Waals surface area (Å²) in [5, 5.41) is 11.6. The summed E-state index contributed by atoms with van der Waals surface area (Å²) in [6.45, 7) is 0.273. The molecule has 0 amide bonds. The minimum Gasteiger partial charge on any atom is -0.481 e. The summed E-state index contributed by atoms with van der Waals surface area (Å²) in [4.78, 5) is 10.6. The van der Waals surface area contributed by atoms with Gasteiger partial charge in [-0.1, -0.05) is 12.1 Å². The normalized spacial score (nSPS) is 18.9. The summed E-state index contributed by atoms with van der Waals surface area (Å²) in [7, 11) is 0. The van der Waals surface area contributed by atoms with E-state index in [4.69, 9.17) is 5.11 Å². The molecule has 0 saturated heterocycles. The van der Waals surface area contributed by atoms with E-state index in [2.05, 4.69) is 5.32 Å². The zero-order valence-electron chi connectivity index (χ0n) is 9.42. The first-order chi connectivity index (χ1) is 8.38. The van der Waals surface area contributed by atoms with Gasteiger partial charge in [0.2, 0.25) is 0 Å². The number of fused-ring (bicyclic) bond motifs is 1.